The molecule has 0 aromatic rings. The largest absolute Gasteiger partial charge is 0.481 e. The average Bonchev–Trinajstić information content (AvgIpc) is 3.31. The van der Waals surface area contributed by atoms with E-state index in [0.717, 1.165) is 44.9 Å². The van der Waals surface area contributed by atoms with E-state index in [9.17, 15) is 19.5 Å². The van der Waals surface area contributed by atoms with Crippen LogP contribution in [0.3, 0.4) is 0 Å². The van der Waals surface area contributed by atoms with E-state index < -0.39 is 5.97 Å². The Kier molecular flexibility index (Phi) is 8.31. The third kappa shape index (κ3) is 4.55. The molecule has 5 aliphatic rings. The number of carbonyl (C=O) groups is 3. The van der Waals surface area contributed by atoms with Crippen molar-refractivity contribution >= 4 is 17.7 Å². The molecule has 238 valence electrons. The SMILES string of the molecule is CCCC(=O)O[C@H]1CC[C@@]2(C)C(CC[C@]3(C)C2CCC2C4[C@H](C(C)C)CC[C@]4(C(=O)CCC(=O)O)CC[C@]23C)C1(C)C. The van der Waals surface area contributed by atoms with Crippen LogP contribution in [0.5, 0.6) is 0 Å². The second-order valence-corrected chi connectivity index (χ2v) is 17.2. The molecule has 0 aliphatic heterocycles. The summed E-state index contributed by atoms with van der Waals surface area (Å²) in [6.07, 6.45) is 12.5. The number of hydrogen-bond donors (Lipinski definition) is 1. The number of esters is 1. The van der Waals surface area contributed by atoms with E-state index in [0.29, 0.717) is 41.9 Å². The van der Waals surface area contributed by atoms with Crippen LogP contribution in [0.1, 0.15) is 145 Å². The van der Waals surface area contributed by atoms with E-state index >= 15 is 0 Å². The Bertz CT molecular complexity index is 1080. The molecule has 0 aromatic carbocycles. The van der Waals surface area contributed by atoms with Crippen LogP contribution in [-0.2, 0) is 19.1 Å². The Morgan fingerprint density at radius 1 is 0.786 bits per heavy atom. The first-order valence-corrected chi connectivity index (χ1v) is 17.5. The fourth-order valence-electron chi connectivity index (χ4n) is 12.9. The molecule has 5 rings (SSSR count). The number of carboxylic acid groups (broad SMARTS) is 1. The van der Waals surface area contributed by atoms with Gasteiger partial charge in [0.2, 0.25) is 0 Å². The van der Waals surface area contributed by atoms with Crippen LogP contribution in [-0.4, -0.2) is 28.9 Å². The minimum atomic E-state index is -0.855. The van der Waals surface area contributed by atoms with Crippen molar-refractivity contribution in [1.82, 2.24) is 0 Å². The molecular weight excluding hydrogens is 524 g/mol. The van der Waals surface area contributed by atoms with Gasteiger partial charge in [-0.25, -0.2) is 0 Å². The molecular formula is C37H60O5. The number of ketones is 1. The lowest BCUT2D eigenvalue weighted by atomic mass is 9.32. The lowest BCUT2D eigenvalue weighted by molar-refractivity contribution is -0.250. The van der Waals surface area contributed by atoms with E-state index in [-0.39, 0.29) is 57.8 Å². The van der Waals surface area contributed by atoms with E-state index in [1.807, 2.05) is 6.92 Å². The van der Waals surface area contributed by atoms with Gasteiger partial charge in [-0.2, -0.15) is 0 Å². The summed E-state index contributed by atoms with van der Waals surface area (Å²) in [5.74, 6) is 2.51. The highest BCUT2D eigenvalue weighted by molar-refractivity contribution is 5.88. The molecule has 5 saturated carbocycles. The van der Waals surface area contributed by atoms with Gasteiger partial charge in [-0.15, -0.1) is 0 Å². The van der Waals surface area contributed by atoms with Gasteiger partial charge >= 0.3 is 11.9 Å². The summed E-state index contributed by atoms with van der Waals surface area (Å²) in [7, 11) is 0. The van der Waals surface area contributed by atoms with Crippen molar-refractivity contribution in [3.8, 4) is 0 Å². The van der Waals surface area contributed by atoms with Gasteiger partial charge in [-0.1, -0.05) is 55.4 Å². The molecule has 5 fully saturated rings. The third-order valence-electron chi connectivity index (χ3n) is 15.1. The maximum atomic E-state index is 14.0. The van der Waals surface area contributed by atoms with Crippen LogP contribution in [0, 0.1) is 62.6 Å². The zero-order chi connectivity index (χ0) is 30.9. The summed E-state index contributed by atoms with van der Waals surface area (Å²) in [5.41, 5.74) is 0.251. The quantitative estimate of drug-likeness (QED) is 0.288. The van der Waals surface area contributed by atoms with Crippen molar-refractivity contribution in [2.75, 3.05) is 0 Å². The molecule has 0 bridgehead atoms. The standard InChI is InChI=1S/C37H60O5/c1-9-10-31(41)42-29-17-18-34(6)26(33(29,4)5)16-19-36(8)27(34)12-11-25-32-24(23(2)3)15-20-37(32,22-21-35(25,36)7)28(38)13-14-30(39)40/h23-27,29,32H,9-22H2,1-8H3,(H,39,40)/t24-,25?,26?,27?,29-,32?,34-,35+,36+,37+/m0/s1. The normalized spacial score (nSPS) is 45.7. The van der Waals surface area contributed by atoms with E-state index in [1.165, 1.54) is 25.7 Å². The van der Waals surface area contributed by atoms with Crippen LogP contribution in [0.15, 0.2) is 0 Å². The zero-order valence-corrected chi connectivity index (χ0v) is 28.0. The maximum absolute atomic E-state index is 14.0. The molecule has 4 unspecified atom stereocenters. The Morgan fingerprint density at radius 3 is 2.14 bits per heavy atom. The zero-order valence-electron chi connectivity index (χ0n) is 28.0. The molecule has 0 saturated heterocycles. The van der Waals surface area contributed by atoms with Gasteiger partial charge in [0, 0.05) is 23.7 Å². The lowest BCUT2D eigenvalue weighted by Gasteiger charge is -2.73. The fourth-order valence-corrected chi connectivity index (χ4v) is 12.9. The molecule has 5 nitrogen and oxygen atoms in total. The molecule has 0 spiro atoms. The molecule has 5 heteroatoms. The lowest BCUT2D eigenvalue weighted by Crippen LogP contribution is -2.67. The predicted octanol–water partition coefficient (Wildman–Crippen LogP) is 8.87. The number of hydrogen-bond acceptors (Lipinski definition) is 4. The van der Waals surface area contributed by atoms with Crippen LogP contribution in [0.4, 0.5) is 0 Å². The van der Waals surface area contributed by atoms with E-state index in [1.54, 1.807) is 0 Å². The number of ether oxygens (including phenoxy) is 1. The van der Waals surface area contributed by atoms with Crippen molar-refractivity contribution in [2.45, 2.75) is 151 Å². The highest BCUT2D eigenvalue weighted by Crippen LogP contribution is 2.77. The molecule has 10 atom stereocenters. The summed E-state index contributed by atoms with van der Waals surface area (Å²) in [6.45, 7) is 19.3. The monoisotopic (exact) mass is 584 g/mol. The van der Waals surface area contributed by atoms with Gasteiger partial charge in [0.05, 0.1) is 6.42 Å². The van der Waals surface area contributed by atoms with Crippen LogP contribution >= 0.6 is 0 Å². The van der Waals surface area contributed by atoms with Gasteiger partial charge in [0.15, 0.2) is 0 Å². The Hall–Kier alpha value is -1.39. The van der Waals surface area contributed by atoms with Crippen molar-refractivity contribution in [1.29, 1.82) is 0 Å². The number of carboxylic acids is 1. The molecule has 5 aliphatic carbocycles. The van der Waals surface area contributed by atoms with Crippen LogP contribution in [0.2, 0.25) is 0 Å². The van der Waals surface area contributed by atoms with Crippen molar-refractivity contribution in [3.05, 3.63) is 0 Å². The minimum Gasteiger partial charge on any atom is -0.481 e. The number of fused-ring (bicyclic) bond motifs is 7. The number of Topliss-reactive ketones (excluding diaryl/α,β-unsaturated/α-hetero) is 1. The van der Waals surface area contributed by atoms with E-state index in [4.69, 9.17) is 4.74 Å². The molecule has 0 amide bonds. The Morgan fingerprint density at radius 2 is 1.50 bits per heavy atom. The number of aliphatic carboxylic acids is 1. The minimum absolute atomic E-state index is 0.00306. The Balaban J connectivity index is 1.46. The van der Waals surface area contributed by atoms with Crippen molar-refractivity contribution < 1.29 is 24.2 Å². The average molecular weight is 585 g/mol. The second-order valence-electron chi connectivity index (χ2n) is 17.2. The molecule has 0 radical (unpaired) electrons. The summed E-state index contributed by atoms with van der Waals surface area (Å²) in [6, 6.07) is 0. The smallest absolute Gasteiger partial charge is 0.306 e. The summed E-state index contributed by atoms with van der Waals surface area (Å²) in [5, 5.41) is 9.39. The van der Waals surface area contributed by atoms with Crippen LogP contribution < -0.4 is 0 Å². The van der Waals surface area contributed by atoms with Crippen molar-refractivity contribution in [2.24, 2.45) is 62.6 Å². The van der Waals surface area contributed by atoms with Gasteiger partial charge in [0.1, 0.15) is 11.9 Å². The van der Waals surface area contributed by atoms with Gasteiger partial charge in [-0.3, -0.25) is 14.4 Å². The number of rotatable bonds is 8. The highest BCUT2D eigenvalue weighted by Gasteiger charge is 2.71. The first-order chi connectivity index (χ1) is 19.6. The van der Waals surface area contributed by atoms with Gasteiger partial charge < -0.3 is 9.84 Å². The van der Waals surface area contributed by atoms with Crippen molar-refractivity contribution in [3.63, 3.8) is 0 Å². The summed E-state index contributed by atoms with van der Waals surface area (Å²) >= 11 is 0. The highest BCUT2D eigenvalue weighted by atomic mass is 16.5. The molecule has 42 heavy (non-hydrogen) atoms. The van der Waals surface area contributed by atoms with Gasteiger partial charge in [-0.05, 0) is 122 Å². The first-order valence-electron chi connectivity index (χ1n) is 17.5. The van der Waals surface area contributed by atoms with Gasteiger partial charge in [0.25, 0.3) is 0 Å². The van der Waals surface area contributed by atoms with E-state index in [2.05, 4.69) is 48.5 Å². The third-order valence-corrected chi connectivity index (χ3v) is 15.1. The van der Waals surface area contributed by atoms with Crippen LogP contribution in [0.25, 0.3) is 0 Å². The topological polar surface area (TPSA) is 80.7 Å². The Labute approximate surface area is 255 Å². The maximum Gasteiger partial charge on any atom is 0.306 e. The molecule has 0 heterocycles. The summed E-state index contributed by atoms with van der Waals surface area (Å²) < 4.78 is 6.15. The number of carbonyl (C=O) groups excluding carboxylic acids is 2. The first kappa shape index (κ1) is 32.0. The fraction of sp³-hybridized carbons (Fsp3) is 0.919. The molecule has 0 aromatic heterocycles. The predicted molar refractivity (Wildman–Crippen MR) is 166 cm³/mol. The summed E-state index contributed by atoms with van der Waals surface area (Å²) in [4.78, 5) is 38.0. The molecule has 1 N–H and O–H groups in total. The second kappa shape index (κ2) is 10.9.